The number of phenols is 1. The number of hydrogen-bond donors (Lipinski definition) is 2. The Labute approximate surface area is 96.4 Å². The minimum atomic E-state index is -1.41. The summed E-state index contributed by atoms with van der Waals surface area (Å²) in [7, 11) is 1.21. The van der Waals surface area contributed by atoms with Gasteiger partial charge in [-0.2, -0.15) is 0 Å². The SMILES string of the molecule is COc1c(C)c(O)c(C=O)c(C=O)c1C(=O)O. The molecular formula is C11H10O6. The van der Waals surface area contributed by atoms with E-state index in [0.29, 0.717) is 0 Å². The molecule has 1 aromatic rings. The highest BCUT2D eigenvalue weighted by Gasteiger charge is 2.25. The van der Waals surface area contributed by atoms with E-state index in [-0.39, 0.29) is 29.4 Å². The molecule has 0 aromatic heterocycles. The highest BCUT2D eigenvalue weighted by molar-refractivity contribution is 6.06. The Balaban J connectivity index is 3.88. The minimum Gasteiger partial charge on any atom is -0.507 e. The van der Waals surface area contributed by atoms with Crippen molar-refractivity contribution in [3.8, 4) is 11.5 Å². The van der Waals surface area contributed by atoms with Crippen molar-refractivity contribution in [2.75, 3.05) is 7.11 Å². The molecule has 0 aliphatic heterocycles. The minimum absolute atomic E-state index is 0.0950. The fourth-order valence-electron chi connectivity index (χ4n) is 1.59. The topological polar surface area (TPSA) is 101 Å². The van der Waals surface area contributed by atoms with Crippen LogP contribution in [0.4, 0.5) is 0 Å². The molecule has 0 saturated carbocycles. The lowest BCUT2D eigenvalue weighted by molar-refractivity contribution is 0.0690. The maximum absolute atomic E-state index is 11.1. The van der Waals surface area contributed by atoms with E-state index < -0.39 is 22.8 Å². The molecule has 90 valence electrons. The van der Waals surface area contributed by atoms with Crippen molar-refractivity contribution < 1.29 is 29.3 Å². The molecule has 1 rings (SSSR count). The first-order valence-electron chi connectivity index (χ1n) is 4.56. The molecular weight excluding hydrogens is 228 g/mol. The number of carboxylic acid groups (broad SMARTS) is 1. The monoisotopic (exact) mass is 238 g/mol. The second-order valence-electron chi connectivity index (χ2n) is 3.25. The summed E-state index contributed by atoms with van der Waals surface area (Å²) in [6.07, 6.45) is 0.437. The van der Waals surface area contributed by atoms with Crippen LogP contribution in [0.3, 0.4) is 0 Å². The second-order valence-corrected chi connectivity index (χ2v) is 3.25. The van der Waals surface area contributed by atoms with E-state index in [1.165, 1.54) is 14.0 Å². The summed E-state index contributed by atoms with van der Waals surface area (Å²) in [6, 6.07) is 0. The number of ether oxygens (including phenoxy) is 1. The van der Waals surface area contributed by atoms with E-state index in [1.807, 2.05) is 0 Å². The third-order valence-electron chi connectivity index (χ3n) is 2.39. The first-order valence-corrected chi connectivity index (χ1v) is 4.56. The molecule has 0 bridgehead atoms. The average molecular weight is 238 g/mol. The van der Waals surface area contributed by atoms with Gasteiger partial charge in [-0.1, -0.05) is 0 Å². The number of aldehydes is 2. The lowest BCUT2D eigenvalue weighted by Crippen LogP contribution is -2.10. The molecule has 0 radical (unpaired) electrons. The largest absolute Gasteiger partial charge is 0.507 e. The van der Waals surface area contributed by atoms with Crippen LogP contribution >= 0.6 is 0 Å². The number of rotatable bonds is 4. The Kier molecular flexibility index (Phi) is 3.47. The molecule has 0 atom stereocenters. The lowest BCUT2D eigenvalue weighted by atomic mass is 9.96. The maximum atomic E-state index is 11.1. The summed E-state index contributed by atoms with van der Waals surface area (Å²) in [5.74, 6) is -2.00. The Bertz CT molecular complexity index is 503. The number of carbonyl (C=O) groups is 3. The van der Waals surface area contributed by atoms with Crippen LogP contribution in [0.2, 0.25) is 0 Å². The fraction of sp³-hybridized carbons (Fsp3) is 0.182. The van der Waals surface area contributed by atoms with E-state index in [1.54, 1.807) is 0 Å². The standard InChI is InChI=1S/C11H10O6/c1-5-9(14)7(4-13)6(3-12)8(11(15)16)10(5)17-2/h3-4,14H,1-2H3,(H,15,16). The first kappa shape index (κ1) is 12.7. The molecule has 6 nitrogen and oxygen atoms in total. The van der Waals surface area contributed by atoms with Crippen molar-refractivity contribution in [3.63, 3.8) is 0 Å². The summed E-state index contributed by atoms with van der Waals surface area (Å²) >= 11 is 0. The number of hydrogen-bond acceptors (Lipinski definition) is 5. The summed E-state index contributed by atoms with van der Waals surface area (Å²) in [4.78, 5) is 32.7. The van der Waals surface area contributed by atoms with Crippen LogP contribution in [-0.4, -0.2) is 35.9 Å². The summed E-state index contributed by atoms with van der Waals surface area (Å²) in [5, 5.41) is 18.7. The zero-order valence-electron chi connectivity index (χ0n) is 9.18. The van der Waals surface area contributed by atoms with Gasteiger partial charge >= 0.3 is 5.97 Å². The number of aromatic carboxylic acids is 1. The summed E-state index contributed by atoms with van der Waals surface area (Å²) in [5.41, 5.74) is -1.08. The van der Waals surface area contributed by atoms with Gasteiger partial charge in [-0.05, 0) is 6.92 Å². The predicted molar refractivity (Wildman–Crippen MR) is 57.1 cm³/mol. The second kappa shape index (κ2) is 4.65. The van der Waals surface area contributed by atoms with Gasteiger partial charge in [0, 0.05) is 11.1 Å². The Morgan fingerprint density at radius 1 is 1.24 bits per heavy atom. The molecule has 0 fully saturated rings. The van der Waals surface area contributed by atoms with Gasteiger partial charge in [0.2, 0.25) is 0 Å². The van der Waals surface area contributed by atoms with E-state index in [9.17, 15) is 19.5 Å². The Hall–Kier alpha value is -2.37. The molecule has 17 heavy (non-hydrogen) atoms. The maximum Gasteiger partial charge on any atom is 0.340 e. The van der Waals surface area contributed by atoms with Gasteiger partial charge in [-0.3, -0.25) is 9.59 Å². The number of carboxylic acids is 1. The van der Waals surface area contributed by atoms with Gasteiger partial charge in [0.15, 0.2) is 12.6 Å². The zero-order chi connectivity index (χ0) is 13.2. The Morgan fingerprint density at radius 3 is 2.12 bits per heavy atom. The van der Waals surface area contributed by atoms with Crippen LogP contribution in [0, 0.1) is 6.92 Å². The molecule has 0 aliphatic rings. The van der Waals surface area contributed by atoms with Crippen LogP contribution < -0.4 is 4.74 Å². The van der Waals surface area contributed by atoms with Gasteiger partial charge in [0.1, 0.15) is 17.1 Å². The van der Waals surface area contributed by atoms with Gasteiger partial charge in [-0.15, -0.1) is 0 Å². The number of aromatic hydroxyl groups is 1. The smallest absolute Gasteiger partial charge is 0.340 e. The van der Waals surface area contributed by atoms with E-state index in [0.717, 1.165) is 0 Å². The normalized spacial score (nSPS) is 9.76. The summed E-state index contributed by atoms with van der Waals surface area (Å²) < 4.78 is 4.84. The summed E-state index contributed by atoms with van der Waals surface area (Å²) in [6.45, 7) is 1.39. The van der Waals surface area contributed by atoms with Gasteiger partial charge in [0.25, 0.3) is 0 Å². The van der Waals surface area contributed by atoms with Crippen LogP contribution in [0.5, 0.6) is 11.5 Å². The van der Waals surface area contributed by atoms with Gasteiger partial charge in [0.05, 0.1) is 12.7 Å². The highest BCUT2D eigenvalue weighted by atomic mass is 16.5. The molecule has 0 saturated heterocycles. The first-order chi connectivity index (χ1) is 7.99. The van der Waals surface area contributed by atoms with Crippen molar-refractivity contribution in [1.82, 2.24) is 0 Å². The van der Waals surface area contributed by atoms with Gasteiger partial charge in [-0.25, -0.2) is 4.79 Å². The van der Waals surface area contributed by atoms with E-state index in [2.05, 4.69) is 0 Å². The van der Waals surface area contributed by atoms with Crippen molar-refractivity contribution in [2.45, 2.75) is 6.92 Å². The third kappa shape index (κ3) is 1.84. The molecule has 0 heterocycles. The zero-order valence-corrected chi connectivity index (χ0v) is 9.18. The van der Waals surface area contributed by atoms with Gasteiger partial charge < -0.3 is 14.9 Å². The molecule has 0 spiro atoms. The number of carbonyl (C=O) groups excluding carboxylic acids is 2. The van der Waals surface area contributed by atoms with Crippen LogP contribution in [-0.2, 0) is 0 Å². The average Bonchev–Trinajstić information content (AvgIpc) is 2.31. The fourth-order valence-corrected chi connectivity index (χ4v) is 1.59. The third-order valence-corrected chi connectivity index (χ3v) is 2.39. The predicted octanol–water partition coefficient (Wildman–Crippen LogP) is 1.03. The number of benzene rings is 1. The van der Waals surface area contributed by atoms with Crippen LogP contribution in [0.15, 0.2) is 0 Å². The van der Waals surface area contributed by atoms with Crippen molar-refractivity contribution in [1.29, 1.82) is 0 Å². The van der Waals surface area contributed by atoms with Crippen molar-refractivity contribution >= 4 is 18.5 Å². The van der Waals surface area contributed by atoms with Crippen molar-refractivity contribution in [2.24, 2.45) is 0 Å². The number of methoxy groups -OCH3 is 1. The lowest BCUT2D eigenvalue weighted by Gasteiger charge is -2.14. The van der Waals surface area contributed by atoms with Crippen LogP contribution in [0.1, 0.15) is 36.6 Å². The quantitative estimate of drug-likeness (QED) is 0.760. The molecule has 6 heteroatoms. The molecule has 0 unspecified atom stereocenters. The van der Waals surface area contributed by atoms with Crippen LogP contribution in [0.25, 0.3) is 0 Å². The number of phenolic OH excluding ortho intramolecular Hbond substituents is 1. The highest BCUT2D eigenvalue weighted by Crippen LogP contribution is 2.36. The van der Waals surface area contributed by atoms with E-state index >= 15 is 0 Å². The molecule has 0 amide bonds. The van der Waals surface area contributed by atoms with Crippen molar-refractivity contribution in [3.05, 3.63) is 22.3 Å². The van der Waals surface area contributed by atoms with E-state index in [4.69, 9.17) is 9.84 Å². The molecule has 1 aromatic carbocycles. The molecule has 2 N–H and O–H groups in total. The molecule has 0 aliphatic carbocycles. The Morgan fingerprint density at radius 2 is 1.76 bits per heavy atom.